The number of rotatable bonds is 3. The number of ketones is 1. The summed E-state index contributed by atoms with van der Waals surface area (Å²) in [7, 11) is 0. The zero-order valence-corrected chi connectivity index (χ0v) is 13.0. The molecule has 0 saturated carbocycles. The van der Waals surface area contributed by atoms with Crippen LogP contribution in [0, 0.1) is 25.7 Å². The molecule has 1 aromatic carbocycles. The fourth-order valence-corrected chi connectivity index (χ4v) is 3.02. The molecule has 0 N–H and O–H groups in total. The molecule has 1 aliphatic carbocycles. The van der Waals surface area contributed by atoms with Gasteiger partial charge in [0.1, 0.15) is 0 Å². The minimum absolute atomic E-state index is 0.0720. The zero-order valence-electron chi connectivity index (χ0n) is 13.0. The average Bonchev–Trinajstić information content (AvgIpc) is 2.43. The van der Waals surface area contributed by atoms with Crippen molar-refractivity contribution in [3.63, 3.8) is 0 Å². The molecule has 0 spiro atoms. The van der Waals surface area contributed by atoms with E-state index in [1.54, 1.807) is 0 Å². The van der Waals surface area contributed by atoms with Gasteiger partial charge in [-0.05, 0) is 52.2 Å². The first kappa shape index (κ1) is 15.5. The third-order valence-electron chi connectivity index (χ3n) is 4.56. The molecular formula is C18H21O3-. The Hall–Kier alpha value is -1.90. The van der Waals surface area contributed by atoms with Gasteiger partial charge in [-0.3, -0.25) is 4.79 Å². The molecule has 21 heavy (non-hydrogen) atoms. The van der Waals surface area contributed by atoms with Crippen LogP contribution in [-0.4, -0.2) is 11.8 Å². The summed E-state index contributed by atoms with van der Waals surface area (Å²) in [6.07, 6.45) is 0.923. The zero-order chi connectivity index (χ0) is 15.7. The van der Waals surface area contributed by atoms with Crippen molar-refractivity contribution in [3.05, 3.63) is 46.0 Å². The highest BCUT2D eigenvalue weighted by Crippen LogP contribution is 2.36. The van der Waals surface area contributed by atoms with Crippen LogP contribution in [0.4, 0.5) is 0 Å². The summed E-state index contributed by atoms with van der Waals surface area (Å²) in [6.45, 7) is 7.73. The molecule has 2 atom stereocenters. The van der Waals surface area contributed by atoms with Gasteiger partial charge < -0.3 is 9.90 Å². The molecular weight excluding hydrogens is 264 g/mol. The molecule has 2 rings (SSSR count). The summed E-state index contributed by atoms with van der Waals surface area (Å²) in [5, 5.41) is 11.4. The Labute approximate surface area is 125 Å². The van der Waals surface area contributed by atoms with Gasteiger partial charge in [0, 0.05) is 23.4 Å². The van der Waals surface area contributed by atoms with Crippen molar-refractivity contribution >= 4 is 11.8 Å². The van der Waals surface area contributed by atoms with E-state index in [2.05, 4.69) is 0 Å². The highest BCUT2D eigenvalue weighted by molar-refractivity contribution is 6.01. The standard InChI is InChI=1S/C18H22O3/c1-10-5-6-11(2)14(7-10)17(19)15-8-12(3)13(4)9-16(15)18(20)21/h5-7,15-16H,8-9H2,1-4H3,(H,20,21)/p-1/t15-,16+/m0/s1. The van der Waals surface area contributed by atoms with Crippen molar-refractivity contribution < 1.29 is 14.7 Å². The van der Waals surface area contributed by atoms with Crippen molar-refractivity contribution in [2.75, 3.05) is 0 Å². The number of carbonyl (C=O) groups is 2. The van der Waals surface area contributed by atoms with Crippen LogP contribution in [0.2, 0.25) is 0 Å². The van der Waals surface area contributed by atoms with Crippen molar-refractivity contribution in [1.29, 1.82) is 0 Å². The Morgan fingerprint density at radius 2 is 1.57 bits per heavy atom. The van der Waals surface area contributed by atoms with E-state index in [9.17, 15) is 14.7 Å². The van der Waals surface area contributed by atoms with E-state index >= 15 is 0 Å². The number of hydrogen-bond acceptors (Lipinski definition) is 3. The molecule has 0 saturated heterocycles. The predicted octanol–water partition coefficient (Wildman–Crippen LogP) is 2.60. The Balaban J connectivity index is 2.40. The lowest BCUT2D eigenvalue weighted by atomic mass is 9.73. The first-order valence-corrected chi connectivity index (χ1v) is 7.28. The largest absolute Gasteiger partial charge is 0.550 e. The smallest absolute Gasteiger partial charge is 0.167 e. The number of hydrogen-bond donors (Lipinski definition) is 0. The Bertz CT molecular complexity index is 625. The number of carbonyl (C=O) groups excluding carboxylic acids is 2. The van der Waals surface area contributed by atoms with Crippen LogP contribution in [0.15, 0.2) is 29.3 Å². The molecule has 3 nitrogen and oxygen atoms in total. The lowest BCUT2D eigenvalue weighted by Crippen LogP contribution is -2.41. The van der Waals surface area contributed by atoms with E-state index in [0.717, 1.165) is 22.3 Å². The molecule has 0 unspecified atom stereocenters. The summed E-state index contributed by atoms with van der Waals surface area (Å²) in [5.41, 5.74) is 4.73. The third-order valence-corrected chi connectivity index (χ3v) is 4.56. The summed E-state index contributed by atoms with van der Waals surface area (Å²) < 4.78 is 0. The van der Waals surface area contributed by atoms with Gasteiger partial charge in [0.15, 0.2) is 5.78 Å². The molecule has 0 amide bonds. The van der Waals surface area contributed by atoms with Crippen molar-refractivity contribution in [3.8, 4) is 0 Å². The fraction of sp³-hybridized carbons (Fsp3) is 0.444. The normalized spacial score (nSPS) is 22.3. The topological polar surface area (TPSA) is 57.2 Å². The number of carboxylic acids is 1. The first-order valence-electron chi connectivity index (χ1n) is 7.28. The van der Waals surface area contributed by atoms with Crippen LogP contribution >= 0.6 is 0 Å². The van der Waals surface area contributed by atoms with Crippen LogP contribution in [-0.2, 0) is 4.79 Å². The maximum atomic E-state index is 12.8. The van der Waals surface area contributed by atoms with Crippen LogP contribution < -0.4 is 5.11 Å². The lowest BCUT2D eigenvalue weighted by Gasteiger charge is -2.33. The van der Waals surface area contributed by atoms with Gasteiger partial charge in [0.05, 0.1) is 0 Å². The third kappa shape index (κ3) is 3.07. The maximum absolute atomic E-state index is 12.8. The number of carboxylic acid groups (broad SMARTS) is 1. The van der Waals surface area contributed by atoms with Crippen LogP contribution in [0.5, 0.6) is 0 Å². The Morgan fingerprint density at radius 1 is 1.00 bits per heavy atom. The summed E-state index contributed by atoms with van der Waals surface area (Å²) in [5.74, 6) is -2.43. The molecule has 0 aromatic heterocycles. The predicted molar refractivity (Wildman–Crippen MR) is 79.8 cm³/mol. The molecule has 0 radical (unpaired) electrons. The number of allylic oxidation sites excluding steroid dienone is 2. The molecule has 112 valence electrons. The van der Waals surface area contributed by atoms with Crippen molar-refractivity contribution in [1.82, 2.24) is 0 Å². The molecule has 0 heterocycles. The number of aliphatic carboxylic acids is 1. The van der Waals surface area contributed by atoms with Crippen LogP contribution in [0.3, 0.4) is 0 Å². The van der Waals surface area contributed by atoms with Gasteiger partial charge in [-0.2, -0.15) is 0 Å². The summed E-state index contributed by atoms with van der Waals surface area (Å²) in [4.78, 5) is 24.2. The molecule has 1 aromatic rings. The van der Waals surface area contributed by atoms with Gasteiger partial charge in [0.2, 0.25) is 0 Å². The summed E-state index contributed by atoms with van der Waals surface area (Å²) >= 11 is 0. The van der Waals surface area contributed by atoms with E-state index in [4.69, 9.17) is 0 Å². The number of benzene rings is 1. The molecule has 0 aliphatic heterocycles. The van der Waals surface area contributed by atoms with E-state index in [1.807, 2.05) is 45.9 Å². The molecule has 1 aliphatic rings. The van der Waals surface area contributed by atoms with E-state index in [-0.39, 0.29) is 5.78 Å². The number of aryl methyl sites for hydroxylation is 2. The lowest BCUT2D eigenvalue weighted by molar-refractivity contribution is -0.313. The number of Topliss-reactive ketones (excluding diaryl/α,β-unsaturated/α-hetero) is 1. The monoisotopic (exact) mass is 285 g/mol. The van der Waals surface area contributed by atoms with Gasteiger partial charge in [-0.25, -0.2) is 0 Å². The Morgan fingerprint density at radius 3 is 2.14 bits per heavy atom. The molecule has 0 fully saturated rings. The van der Waals surface area contributed by atoms with Gasteiger partial charge in [-0.1, -0.05) is 28.8 Å². The van der Waals surface area contributed by atoms with Gasteiger partial charge in [0.25, 0.3) is 0 Å². The van der Waals surface area contributed by atoms with E-state index < -0.39 is 17.8 Å². The maximum Gasteiger partial charge on any atom is 0.167 e. The second kappa shape index (κ2) is 5.84. The minimum Gasteiger partial charge on any atom is -0.550 e. The van der Waals surface area contributed by atoms with Gasteiger partial charge in [-0.15, -0.1) is 0 Å². The summed E-state index contributed by atoms with van der Waals surface area (Å²) in [6, 6.07) is 5.72. The Kier molecular flexibility index (Phi) is 4.31. The highest BCUT2D eigenvalue weighted by atomic mass is 16.4. The SMILES string of the molecule is CC1=C(C)C[C@@H](C(=O)[O-])[C@@H](C(=O)c2cc(C)ccc2C)C1. The van der Waals surface area contributed by atoms with E-state index in [0.29, 0.717) is 18.4 Å². The van der Waals surface area contributed by atoms with Crippen LogP contribution in [0.25, 0.3) is 0 Å². The van der Waals surface area contributed by atoms with Crippen LogP contribution in [0.1, 0.15) is 48.2 Å². The fourth-order valence-electron chi connectivity index (χ4n) is 3.02. The molecule has 3 heteroatoms. The first-order chi connectivity index (χ1) is 9.81. The quantitative estimate of drug-likeness (QED) is 0.633. The van der Waals surface area contributed by atoms with Crippen molar-refractivity contribution in [2.45, 2.75) is 40.5 Å². The molecule has 0 bridgehead atoms. The van der Waals surface area contributed by atoms with E-state index in [1.165, 1.54) is 0 Å². The van der Waals surface area contributed by atoms with Crippen molar-refractivity contribution in [2.24, 2.45) is 11.8 Å². The highest BCUT2D eigenvalue weighted by Gasteiger charge is 2.34. The van der Waals surface area contributed by atoms with Gasteiger partial charge >= 0.3 is 0 Å². The minimum atomic E-state index is -1.12. The average molecular weight is 285 g/mol. The second-order valence-electron chi connectivity index (χ2n) is 6.18. The second-order valence-corrected chi connectivity index (χ2v) is 6.18.